The molecule has 1 aliphatic heterocycles. The van der Waals surface area contributed by atoms with Crippen molar-refractivity contribution >= 4 is 17.2 Å². The highest BCUT2D eigenvalue weighted by Gasteiger charge is 2.25. The van der Waals surface area contributed by atoms with Crippen molar-refractivity contribution in [3.05, 3.63) is 15.6 Å². The molecule has 19 heavy (non-hydrogen) atoms. The third-order valence-electron chi connectivity index (χ3n) is 3.80. The minimum absolute atomic E-state index is 0.176. The maximum atomic E-state index is 12.4. The standard InChI is InChI=1S/C14H23N3OS/c1-10-13(19-11(2)16-10)14(18)17-8-5-12(6-9-17)4-7-15-3/h12,15H,4-9H2,1-3H3. The van der Waals surface area contributed by atoms with Gasteiger partial charge in [0.15, 0.2) is 0 Å². The van der Waals surface area contributed by atoms with Crippen LogP contribution < -0.4 is 5.32 Å². The SMILES string of the molecule is CNCCC1CCN(C(=O)c2sc(C)nc2C)CC1. The number of amides is 1. The lowest BCUT2D eigenvalue weighted by atomic mass is 9.93. The number of piperidine rings is 1. The second-order valence-corrected chi connectivity index (χ2v) is 6.48. The fourth-order valence-electron chi connectivity index (χ4n) is 2.65. The van der Waals surface area contributed by atoms with Crippen LogP contribution in [0.15, 0.2) is 0 Å². The minimum atomic E-state index is 0.176. The maximum absolute atomic E-state index is 12.4. The summed E-state index contributed by atoms with van der Waals surface area (Å²) in [6, 6.07) is 0. The van der Waals surface area contributed by atoms with E-state index in [-0.39, 0.29) is 5.91 Å². The summed E-state index contributed by atoms with van der Waals surface area (Å²) in [5, 5.41) is 4.17. The normalized spacial score (nSPS) is 16.9. The van der Waals surface area contributed by atoms with Crippen molar-refractivity contribution in [3.8, 4) is 0 Å². The van der Waals surface area contributed by atoms with Gasteiger partial charge in [0.05, 0.1) is 10.7 Å². The molecule has 1 aromatic heterocycles. The summed E-state index contributed by atoms with van der Waals surface area (Å²) in [7, 11) is 1.99. The van der Waals surface area contributed by atoms with E-state index in [0.29, 0.717) is 0 Å². The number of thiazole rings is 1. The van der Waals surface area contributed by atoms with Crippen LogP contribution in [-0.4, -0.2) is 42.5 Å². The van der Waals surface area contributed by atoms with Gasteiger partial charge in [0.2, 0.25) is 0 Å². The van der Waals surface area contributed by atoms with E-state index in [1.165, 1.54) is 17.8 Å². The van der Waals surface area contributed by atoms with E-state index in [1.54, 1.807) is 0 Å². The van der Waals surface area contributed by atoms with Gasteiger partial charge in [-0.3, -0.25) is 4.79 Å². The molecule has 106 valence electrons. The third-order valence-corrected chi connectivity index (χ3v) is 4.86. The molecule has 1 aliphatic rings. The molecule has 1 N–H and O–H groups in total. The fourth-order valence-corrected chi connectivity index (χ4v) is 3.53. The van der Waals surface area contributed by atoms with Crippen molar-refractivity contribution < 1.29 is 4.79 Å². The van der Waals surface area contributed by atoms with E-state index >= 15 is 0 Å². The number of nitrogens with zero attached hydrogens (tertiary/aromatic N) is 2. The van der Waals surface area contributed by atoms with Crippen LogP contribution in [-0.2, 0) is 0 Å². The summed E-state index contributed by atoms with van der Waals surface area (Å²) < 4.78 is 0. The number of nitrogens with one attached hydrogen (secondary N) is 1. The van der Waals surface area contributed by atoms with Crippen LogP contribution in [0.5, 0.6) is 0 Å². The Kier molecular flexibility index (Phi) is 4.93. The molecule has 5 heteroatoms. The number of aryl methyl sites for hydroxylation is 2. The molecular weight excluding hydrogens is 258 g/mol. The highest BCUT2D eigenvalue weighted by Crippen LogP contribution is 2.24. The van der Waals surface area contributed by atoms with E-state index < -0.39 is 0 Å². The van der Waals surface area contributed by atoms with Gasteiger partial charge in [0.25, 0.3) is 5.91 Å². The average molecular weight is 281 g/mol. The van der Waals surface area contributed by atoms with Gasteiger partial charge in [-0.25, -0.2) is 4.98 Å². The van der Waals surface area contributed by atoms with Crippen LogP contribution in [0.25, 0.3) is 0 Å². The van der Waals surface area contributed by atoms with Gasteiger partial charge in [-0.1, -0.05) is 0 Å². The first-order chi connectivity index (χ1) is 9.11. The number of carbonyl (C=O) groups is 1. The summed E-state index contributed by atoms with van der Waals surface area (Å²) in [5.74, 6) is 0.941. The Bertz CT molecular complexity index is 436. The number of rotatable bonds is 4. The zero-order chi connectivity index (χ0) is 13.8. The Labute approximate surface area is 119 Å². The Balaban J connectivity index is 1.91. The number of hydrogen-bond donors (Lipinski definition) is 1. The van der Waals surface area contributed by atoms with Gasteiger partial charge in [-0.05, 0) is 52.6 Å². The van der Waals surface area contributed by atoms with E-state index in [0.717, 1.165) is 54.0 Å². The molecule has 1 aromatic rings. The number of aromatic nitrogens is 1. The number of hydrogen-bond acceptors (Lipinski definition) is 4. The van der Waals surface area contributed by atoms with Crippen molar-refractivity contribution in [3.63, 3.8) is 0 Å². The van der Waals surface area contributed by atoms with Gasteiger partial charge >= 0.3 is 0 Å². The monoisotopic (exact) mass is 281 g/mol. The molecule has 0 unspecified atom stereocenters. The molecule has 1 saturated heterocycles. The summed E-state index contributed by atoms with van der Waals surface area (Å²) in [4.78, 5) is 19.6. The molecule has 1 amide bonds. The highest BCUT2D eigenvalue weighted by atomic mass is 32.1. The molecule has 0 aromatic carbocycles. The molecule has 0 bridgehead atoms. The Morgan fingerprint density at radius 3 is 2.63 bits per heavy atom. The average Bonchev–Trinajstić information content (AvgIpc) is 2.75. The lowest BCUT2D eigenvalue weighted by Gasteiger charge is -2.31. The van der Waals surface area contributed by atoms with Crippen LogP contribution in [0.3, 0.4) is 0 Å². The lowest BCUT2D eigenvalue weighted by Crippen LogP contribution is -2.38. The highest BCUT2D eigenvalue weighted by molar-refractivity contribution is 7.13. The van der Waals surface area contributed by atoms with Crippen LogP contribution in [0.1, 0.15) is 39.6 Å². The molecule has 0 saturated carbocycles. The number of likely N-dealkylation sites (tertiary alicyclic amines) is 1. The Morgan fingerprint density at radius 1 is 1.42 bits per heavy atom. The topological polar surface area (TPSA) is 45.2 Å². The van der Waals surface area contributed by atoms with E-state index in [9.17, 15) is 4.79 Å². The van der Waals surface area contributed by atoms with Crippen LogP contribution >= 0.6 is 11.3 Å². The van der Waals surface area contributed by atoms with Crippen molar-refractivity contribution in [2.75, 3.05) is 26.7 Å². The maximum Gasteiger partial charge on any atom is 0.265 e. The van der Waals surface area contributed by atoms with Crippen LogP contribution in [0.4, 0.5) is 0 Å². The van der Waals surface area contributed by atoms with Gasteiger partial charge in [-0.2, -0.15) is 0 Å². The Morgan fingerprint density at radius 2 is 2.11 bits per heavy atom. The largest absolute Gasteiger partial charge is 0.338 e. The second-order valence-electron chi connectivity index (χ2n) is 5.28. The first-order valence-corrected chi connectivity index (χ1v) is 7.81. The molecule has 0 radical (unpaired) electrons. The lowest BCUT2D eigenvalue weighted by molar-refractivity contribution is 0.0691. The van der Waals surface area contributed by atoms with E-state index in [1.807, 2.05) is 25.8 Å². The zero-order valence-electron chi connectivity index (χ0n) is 12.0. The number of carbonyl (C=O) groups excluding carboxylic acids is 1. The quantitative estimate of drug-likeness (QED) is 0.920. The van der Waals surface area contributed by atoms with Gasteiger partial charge < -0.3 is 10.2 Å². The predicted octanol–water partition coefficient (Wildman–Crippen LogP) is 2.22. The van der Waals surface area contributed by atoms with E-state index in [2.05, 4.69) is 10.3 Å². The summed E-state index contributed by atoms with van der Waals surface area (Å²) >= 11 is 1.52. The minimum Gasteiger partial charge on any atom is -0.338 e. The van der Waals surface area contributed by atoms with Crippen molar-refractivity contribution in [1.82, 2.24) is 15.2 Å². The molecule has 0 atom stereocenters. The van der Waals surface area contributed by atoms with Crippen molar-refractivity contribution in [2.45, 2.75) is 33.1 Å². The first kappa shape index (κ1) is 14.5. The zero-order valence-corrected chi connectivity index (χ0v) is 12.8. The van der Waals surface area contributed by atoms with Crippen LogP contribution in [0.2, 0.25) is 0 Å². The predicted molar refractivity (Wildman–Crippen MR) is 78.8 cm³/mol. The molecule has 0 spiro atoms. The molecule has 4 nitrogen and oxygen atoms in total. The van der Waals surface area contributed by atoms with Crippen LogP contribution in [0, 0.1) is 19.8 Å². The second kappa shape index (κ2) is 6.48. The van der Waals surface area contributed by atoms with E-state index in [4.69, 9.17) is 0 Å². The molecule has 2 heterocycles. The molecule has 0 aliphatic carbocycles. The van der Waals surface area contributed by atoms with Crippen molar-refractivity contribution in [1.29, 1.82) is 0 Å². The Hall–Kier alpha value is -0.940. The molecular formula is C14H23N3OS. The summed E-state index contributed by atoms with van der Waals surface area (Å²) in [5.41, 5.74) is 0.879. The first-order valence-electron chi connectivity index (χ1n) is 6.99. The van der Waals surface area contributed by atoms with Gasteiger partial charge in [0, 0.05) is 13.1 Å². The summed E-state index contributed by atoms with van der Waals surface area (Å²) in [6.07, 6.45) is 3.48. The smallest absolute Gasteiger partial charge is 0.265 e. The fraction of sp³-hybridized carbons (Fsp3) is 0.714. The third kappa shape index (κ3) is 3.54. The molecule has 2 rings (SSSR count). The summed E-state index contributed by atoms with van der Waals surface area (Å²) in [6.45, 7) is 6.74. The van der Waals surface area contributed by atoms with Gasteiger partial charge in [0.1, 0.15) is 4.88 Å². The molecule has 1 fully saturated rings. The van der Waals surface area contributed by atoms with Gasteiger partial charge in [-0.15, -0.1) is 11.3 Å². The van der Waals surface area contributed by atoms with Crippen molar-refractivity contribution in [2.24, 2.45) is 5.92 Å².